The van der Waals surface area contributed by atoms with Gasteiger partial charge >= 0.3 is 0 Å². The smallest absolute Gasteiger partial charge is 0.166 e. The van der Waals surface area contributed by atoms with Crippen LogP contribution < -0.4 is 4.74 Å². The monoisotopic (exact) mass is 216 g/mol. The van der Waals surface area contributed by atoms with Gasteiger partial charge in [0.15, 0.2) is 11.6 Å². The molecule has 0 aliphatic heterocycles. The SMILES string of the molecule is Cc1cc(F)c(Oc2ccccc2)cc1C. The molecule has 0 heterocycles. The Balaban J connectivity index is 2.32. The molecule has 0 radical (unpaired) electrons. The van der Waals surface area contributed by atoms with Crippen LogP contribution >= 0.6 is 0 Å². The molecule has 1 nitrogen and oxygen atoms in total. The van der Waals surface area contributed by atoms with E-state index in [-0.39, 0.29) is 11.6 Å². The molecule has 0 saturated heterocycles. The Kier molecular flexibility index (Phi) is 2.91. The number of aryl methyl sites for hydroxylation is 2. The van der Waals surface area contributed by atoms with Crippen LogP contribution in [0.15, 0.2) is 42.5 Å². The number of para-hydroxylation sites is 1. The molecule has 0 saturated carbocycles. The first-order chi connectivity index (χ1) is 7.66. The van der Waals surface area contributed by atoms with Gasteiger partial charge in [0.2, 0.25) is 0 Å². The Morgan fingerprint density at radius 2 is 1.56 bits per heavy atom. The third kappa shape index (κ3) is 2.22. The Labute approximate surface area is 94.5 Å². The van der Waals surface area contributed by atoms with Crippen LogP contribution in [0.1, 0.15) is 11.1 Å². The molecular weight excluding hydrogens is 203 g/mol. The van der Waals surface area contributed by atoms with Crippen molar-refractivity contribution in [2.24, 2.45) is 0 Å². The summed E-state index contributed by atoms with van der Waals surface area (Å²) in [6.45, 7) is 3.82. The summed E-state index contributed by atoms with van der Waals surface area (Å²) in [5, 5.41) is 0. The quantitative estimate of drug-likeness (QED) is 0.729. The van der Waals surface area contributed by atoms with Crippen molar-refractivity contribution in [2.75, 3.05) is 0 Å². The second kappa shape index (κ2) is 4.35. The lowest BCUT2D eigenvalue weighted by atomic mass is 10.1. The van der Waals surface area contributed by atoms with Gasteiger partial charge in [-0.1, -0.05) is 18.2 Å². The largest absolute Gasteiger partial charge is 0.454 e. The van der Waals surface area contributed by atoms with E-state index in [4.69, 9.17) is 4.74 Å². The van der Waals surface area contributed by atoms with Gasteiger partial charge in [0.25, 0.3) is 0 Å². The van der Waals surface area contributed by atoms with Gasteiger partial charge in [-0.3, -0.25) is 0 Å². The summed E-state index contributed by atoms with van der Waals surface area (Å²) in [6, 6.07) is 12.4. The molecule has 0 fully saturated rings. The van der Waals surface area contributed by atoms with E-state index in [1.54, 1.807) is 18.2 Å². The van der Waals surface area contributed by atoms with Gasteiger partial charge in [0.05, 0.1) is 0 Å². The minimum Gasteiger partial charge on any atom is -0.454 e. The third-order valence-corrected chi connectivity index (χ3v) is 2.52. The van der Waals surface area contributed by atoms with Crippen LogP contribution in [0.5, 0.6) is 11.5 Å². The summed E-state index contributed by atoms with van der Waals surface area (Å²) in [6.07, 6.45) is 0. The predicted octanol–water partition coefficient (Wildman–Crippen LogP) is 4.23. The average molecular weight is 216 g/mol. The normalized spacial score (nSPS) is 10.2. The van der Waals surface area contributed by atoms with Crippen molar-refractivity contribution in [1.82, 2.24) is 0 Å². The van der Waals surface area contributed by atoms with Gasteiger partial charge in [0.1, 0.15) is 5.75 Å². The van der Waals surface area contributed by atoms with Crippen LogP contribution in [0.25, 0.3) is 0 Å². The van der Waals surface area contributed by atoms with E-state index < -0.39 is 0 Å². The third-order valence-electron chi connectivity index (χ3n) is 2.52. The zero-order valence-electron chi connectivity index (χ0n) is 9.33. The number of hydrogen-bond acceptors (Lipinski definition) is 1. The fourth-order valence-corrected chi connectivity index (χ4v) is 1.45. The minimum atomic E-state index is -0.327. The highest BCUT2D eigenvalue weighted by atomic mass is 19.1. The molecule has 0 unspecified atom stereocenters. The first-order valence-electron chi connectivity index (χ1n) is 5.16. The van der Waals surface area contributed by atoms with Crippen LogP contribution in [-0.4, -0.2) is 0 Å². The molecule has 2 aromatic rings. The van der Waals surface area contributed by atoms with Gasteiger partial charge in [-0.2, -0.15) is 0 Å². The second-order valence-corrected chi connectivity index (χ2v) is 3.78. The van der Waals surface area contributed by atoms with Crippen molar-refractivity contribution in [2.45, 2.75) is 13.8 Å². The number of halogens is 1. The van der Waals surface area contributed by atoms with Crippen LogP contribution in [-0.2, 0) is 0 Å². The molecule has 0 spiro atoms. The Hall–Kier alpha value is -1.83. The standard InChI is InChI=1S/C14H13FO/c1-10-8-13(15)14(9-11(10)2)16-12-6-4-3-5-7-12/h3-9H,1-2H3. The fourth-order valence-electron chi connectivity index (χ4n) is 1.45. The van der Waals surface area contributed by atoms with E-state index >= 15 is 0 Å². The van der Waals surface area contributed by atoms with Crippen molar-refractivity contribution >= 4 is 0 Å². The van der Waals surface area contributed by atoms with Crippen LogP contribution in [0.2, 0.25) is 0 Å². The van der Waals surface area contributed by atoms with Crippen molar-refractivity contribution < 1.29 is 9.13 Å². The lowest BCUT2D eigenvalue weighted by Gasteiger charge is -2.09. The number of rotatable bonds is 2. The summed E-state index contributed by atoms with van der Waals surface area (Å²) in [7, 11) is 0. The summed E-state index contributed by atoms with van der Waals surface area (Å²) < 4.78 is 19.1. The fraction of sp³-hybridized carbons (Fsp3) is 0.143. The number of benzene rings is 2. The maximum absolute atomic E-state index is 13.6. The van der Waals surface area contributed by atoms with Crippen molar-refractivity contribution in [3.05, 3.63) is 59.4 Å². The Bertz CT molecular complexity index is 492. The Morgan fingerprint density at radius 3 is 2.25 bits per heavy atom. The number of ether oxygens (including phenoxy) is 1. The summed E-state index contributed by atoms with van der Waals surface area (Å²) in [4.78, 5) is 0. The van der Waals surface area contributed by atoms with Crippen LogP contribution in [0.4, 0.5) is 4.39 Å². The molecule has 0 aliphatic carbocycles. The molecule has 0 amide bonds. The summed E-state index contributed by atoms with van der Waals surface area (Å²) in [5.74, 6) is 0.589. The molecule has 0 aliphatic rings. The highest BCUT2D eigenvalue weighted by molar-refractivity contribution is 5.38. The van der Waals surface area contributed by atoms with Gasteiger partial charge in [-0.05, 0) is 49.2 Å². The molecule has 2 aromatic carbocycles. The lowest BCUT2D eigenvalue weighted by Crippen LogP contribution is -1.91. The molecular formula is C14H13FO. The number of hydrogen-bond donors (Lipinski definition) is 0. The van der Waals surface area contributed by atoms with Crippen molar-refractivity contribution in [3.63, 3.8) is 0 Å². The first kappa shape index (κ1) is 10.7. The maximum Gasteiger partial charge on any atom is 0.166 e. The first-order valence-corrected chi connectivity index (χ1v) is 5.16. The molecule has 82 valence electrons. The zero-order chi connectivity index (χ0) is 11.5. The van der Waals surface area contributed by atoms with E-state index in [2.05, 4.69) is 0 Å². The van der Waals surface area contributed by atoms with E-state index in [1.807, 2.05) is 32.0 Å². The molecule has 0 bridgehead atoms. The molecule has 0 N–H and O–H groups in total. The predicted molar refractivity (Wildman–Crippen MR) is 62.4 cm³/mol. The molecule has 16 heavy (non-hydrogen) atoms. The van der Waals surface area contributed by atoms with Crippen LogP contribution in [0.3, 0.4) is 0 Å². The van der Waals surface area contributed by atoms with E-state index in [0.717, 1.165) is 11.1 Å². The molecule has 0 aromatic heterocycles. The topological polar surface area (TPSA) is 9.23 Å². The van der Waals surface area contributed by atoms with Gasteiger partial charge in [-0.25, -0.2) is 4.39 Å². The minimum absolute atomic E-state index is 0.273. The van der Waals surface area contributed by atoms with E-state index in [1.165, 1.54) is 6.07 Å². The lowest BCUT2D eigenvalue weighted by molar-refractivity contribution is 0.441. The van der Waals surface area contributed by atoms with Crippen LogP contribution in [0, 0.1) is 19.7 Å². The highest BCUT2D eigenvalue weighted by Crippen LogP contribution is 2.26. The Morgan fingerprint density at radius 1 is 0.938 bits per heavy atom. The highest BCUT2D eigenvalue weighted by Gasteiger charge is 2.06. The molecule has 2 rings (SSSR count). The van der Waals surface area contributed by atoms with Crippen molar-refractivity contribution in [1.29, 1.82) is 0 Å². The van der Waals surface area contributed by atoms with Gasteiger partial charge < -0.3 is 4.74 Å². The average Bonchev–Trinajstić information content (AvgIpc) is 2.27. The zero-order valence-corrected chi connectivity index (χ0v) is 9.33. The second-order valence-electron chi connectivity index (χ2n) is 3.78. The van der Waals surface area contributed by atoms with Gasteiger partial charge in [0, 0.05) is 0 Å². The van der Waals surface area contributed by atoms with Gasteiger partial charge in [-0.15, -0.1) is 0 Å². The molecule has 2 heteroatoms. The maximum atomic E-state index is 13.6. The summed E-state index contributed by atoms with van der Waals surface area (Å²) >= 11 is 0. The van der Waals surface area contributed by atoms with Crippen molar-refractivity contribution in [3.8, 4) is 11.5 Å². The van der Waals surface area contributed by atoms with E-state index in [9.17, 15) is 4.39 Å². The molecule has 0 atom stereocenters. The van der Waals surface area contributed by atoms with E-state index in [0.29, 0.717) is 5.75 Å². The summed E-state index contributed by atoms with van der Waals surface area (Å²) in [5.41, 5.74) is 1.95.